The molecule has 30 heavy (non-hydrogen) atoms. The Hall–Kier alpha value is -2.93. The van der Waals surface area contributed by atoms with Crippen molar-refractivity contribution >= 4 is 0 Å². The molecule has 5 rings (SSSR count). The van der Waals surface area contributed by atoms with Gasteiger partial charge in [0.05, 0.1) is 17.7 Å². The lowest BCUT2D eigenvalue weighted by Crippen LogP contribution is -2.57. The number of hydrogen-bond donors (Lipinski definition) is 1. The second-order valence-electron chi connectivity index (χ2n) is 9.13. The first kappa shape index (κ1) is 19.1. The summed E-state index contributed by atoms with van der Waals surface area (Å²) in [6, 6.07) is 9.14. The van der Waals surface area contributed by atoms with Crippen LogP contribution >= 0.6 is 0 Å². The predicted molar refractivity (Wildman–Crippen MR) is 114 cm³/mol. The molecule has 0 amide bonds. The van der Waals surface area contributed by atoms with Gasteiger partial charge in [-0.05, 0) is 51.9 Å². The summed E-state index contributed by atoms with van der Waals surface area (Å²) in [6.07, 6.45) is 9.77. The summed E-state index contributed by atoms with van der Waals surface area (Å²) in [4.78, 5) is 6.57. The van der Waals surface area contributed by atoms with E-state index in [1.165, 1.54) is 12.8 Å². The molecule has 3 atom stereocenters. The van der Waals surface area contributed by atoms with E-state index in [-0.39, 0.29) is 22.9 Å². The molecule has 156 valence electrons. The largest absolute Gasteiger partial charge is 0.507 e. The van der Waals surface area contributed by atoms with E-state index in [0.717, 1.165) is 18.5 Å². The zero-order valence-corrected chi connectivity index (χ0v) is 17.6. The highest BCUT2D eigenvalue weighted by atomic mass is 16.5. The van der Waals surface area contributed by atoms with Crippen LogP contribution in [0.4, 0.5) is 0 Å². The van der Waals surface area contributed by atoms with Crippen LogP contribution in [-0.4, -0.2) is 54.0 Å². The summed E-state index contributed by atoms with van der Waals surface area (Å²) in [5.74, 6) is 0.686. The standard InChI is InChI=1S/C23H27N5O2/c1-22-8-9-23(2,27(22)3)14-17(13-22)30-21-7-6-19(25-26-21)18-5-4-16(12-20(18)29)28-11-10-24-15-28/h4-7,10-12,15,17,29H,8-9,13-14H2,1-3H3/t17?,22-,23+. The van der Waals surface area contributed by atoms with Crippen LogP contribution in [0, 0.1) is 0 Å². The number of hydrogen-bond acceptors (Lipinski definition) is 6. The maximum atomic E-state index is 10.5. The Morgan fingerprint density at radius 1 is 1.07 bits per heavy atom. The molecule has 2 saturated heterocycles. The van der Waals surface area contributed by atoms with Crippen LogP contribution < -0.4 is 4.74 Å². The van der Waals surface area contributed by atoms with Gasteiger partial charge in [0.2, 0.25) is 5.88 Å². The van der Waals surface area contributed by atoms with Crippen molar-refractivity contribution in [2.45, 2.75) is 56.7 Å². The minimum Gasteiger partial charge on any atom is -0.507 e. The number of rotatable bonds is 4. The number of phenolic OH excluding ortho intramolecular Hbond substituents is 1. The molecule has 2 bridgehead atoms. The van der Waals surface area contributed by atoms with Gasteiger partial charge in [-0.15, -0.1) is 10.2 Å². The number of aromatic hydroxyl groups is 1. The molecule has 4 heterocycles. The first-order valence-electron chi connectivity index (χ1n) is 10.4. The molecule has 2 aliphatic heterocycles. The molecule has 1 N–H and O–H groups in total. The topological polar surface area (TPSA) is 76.3 Å². The van der Waals surface area contributed by atoms with Crippen LogP contribution in [0.5, 0.6) is 11.6 Å². The average Bonchev–Trinajstić information content (AvgIpc) is 3.30. The third-order valence-corrected chi connectivity index (χ3v) is 7.14. The highest BCUT2D eigenvalue weighted by Crippen LogP contribution is 2.49. The van der Waals surface area contributed by atoms with Crippen molar-refractivity contribution in [1.82, 2.24) is 24.6 Å². The van der Waals surface area contributed by atoms with E-state index in [9.17, 15) is 5.11 Å². The van der Waals surface area contributed by atoms with E-state index in [1.54, 1.807) is 18.6 Å². The van der Waals surface area contributed by atoms with Crippen LogP contribution in [0.2, 0.25) is 0 Å². The summed E-state index contributed by atoms with van der Waals surface area (Å²) >= 11 is 0. The van der Waals surface area contributed by atoms with Crippen LogP contribution in [-0.2, 0) is 0 Å². The fraction of sp³-hybridized carbons (Fsp3) is 0.435. The Labute approximate surface area is 176 Å². The van der Waals surface area contributed by atoms with Crippen molar-refractivity contribution in [2.24, 2.45) is 0 Å². The first-order valence-corrected chi connectivity index (χ1v) is 10.4. The van der Waals surface area contributed by atoms with Gasteiger partial charge in [-0.2, -0.15) is 0 Å². The number of fused-ring (bicyclic) bond motifs is 2. The van der Waals surface area contributed by atoms with Crippen LogP contribution in [0.3, 0.4) is 0 Å². The van der Waals surface area contributed by atoms with Crippen molar-refractivity contribution in [3.8, 4) is 28.6 Å². The third-order valence-electron chi connectivity index (χ3n) is 7.14. The second-order valence-corrected chi connectivity index (χ2v) is 9.13. The minimum atomic E-state index is 0.140. The quantitative estimate of drug-likeness (QED) is 0.711. The molecule has 0 aliphatic carbocycles. The lowest BCUT2D eigenvalue weighted by molar-refractivity contribution is -0.0266. The van der Waals surface area contributed by atoms with E-state index >= 15 is 0 Å². The van der Waals surface area contributed by atoms with Gasteiger partial charge >= 0.3 is 0 Å². The molecular weight excluding hydrogens is 378 g/mol. The van der Waals surface area contributed by atoms with Gasteiger partial charge in [0, 0.05) is 54.0 Å². The molecule has 7 heteroatoms. The molecule has 2 aromatic heterocycles. The minimum absolute atomic E-state index is 0.140. The zero-order chi connectivity index (χ0) is 20.9. The van der Waals surface area contributed by atoms with Gasteiger partial charge in [-0.25, -0.2) is 4.98 Å². The highest BCUT2D eigenvalue weighted by molar-refractivity contribution is 5.68. The van der Waals surface area contributed by atoms with E-state index in [0.29, 0.717) is 17.1 Å². The van der Waals surface area contributed by atoms with Gasteiger partial charge in [0.15, 0.2) is 0 Å². The van der Waals surface area contributed by atoms with Crippen LogP contribution in [0.1, 0.15) is 39.5 Å². The first-order chi connectivity index (χ1) is 14.4. The Morgan fingerprint density at radius 2 is 1.83 bits per heavy atom. The Morgan fingerprint density at radius 3 is 2.43 bits per heavy atom. The summed E-state index contributed by atoms with van der Waals surface area (Å²) in [5, 5.41) is 19.1. The fourth-order valence-electron chi connectivity index (χ4n) is 5.15. The number of benzene rings is 1. The van der Waals surface area contributed by atoms with Gasteiger partial charge in [-0.1, -0.05) is 0 Å². The summed E-state index contributed by atoms with van der Waals surface area (Å²) < 4.78 is 8.07. The number of aromatic nitrogens is 4. The smallest absolute Gasteiger partial charge is 0.233 e. The van der Waals surface area contributed by atoms with E-state index < -0.39 is 0 Å². The summed E-state index contributed by atoms with van der Waals surface area (Å²) in [5.41, 5.74) is 2.46. The molecule has 7 nitrogen and oxygen atoms in total. The monoisotopic (exact) mass is 405 g/mol. The summed E-state index contributed by atoms with van der Waals surface area (Å²) in [6.45, 7) is 4.66. The van der Waals surface area contributed by atoms with E-state index in [1.807, 2.05) is 35.0 Å². The molecule has 0 spiro atoms. The van der Waals surface area contributed by atoms with E-state index in [2.05, 4.69) is 41.0 Å². The van der Waals surface area contributed by atoms with Crippen LogP contribution in [0.25, 0.3) is 16.9 Å². The molecule has 2 aliphatic rings. The third kappa shape index (κ3) is 3.13. The SMILES string of the molecule is CN1[C@@]2(C)CC[C@]1(C)CC(Oc1ccc(-c3ccc(-n4ccnc4)cc3O)nn1)C2. The van der Waals surface area contributed by atoms with Crippen LogP contribution in [0.15, 0.2) is 49.1 Å². The molecule has 2 fully saturated rings. The number of ether oxygens (including phenoxy) is 1. The molecular formula is C23H27N5O2. The van der Waals surface area contributed by atoms with E-state index in [4.69, 9.17) is 4.74 Å². The Kier molecular flexibility index (Phi) is 4.32. The van der Waals surface area contributed by atoms with Gasteiger partial charge in [0.25, 0.3) is 0 Å². The molecule has 0 radical (unpaired) electrons. The number of nitrogens with zero attached hydrogens (tertiary/aromatic N) is 5. The highest BCUT2D eigenvalue weighted by Gasteiger charge is 2.54. The second kappa shape index (κ2) is 6.80. The van der Waals surface area contributed by atoms with Gasteiger partial charge < -0.3 is 14.4 Å². The lowest BCUT2D eigenvalue weighted by atomic mass is 9.84. The van der Waals surface area contributed by atoms with Crippen molar-refractivity contribution in [3.63, 3.8) is 0 Å². The fourth-order valence-corrected chi connectivity index (χ4v) is 5.15. The lowest BCUT2D eigenvalue weighted by Gasteiger charge is -2.48. The van der Waals surface area contributed by atoms with Crippen molar-refractivity contribution in [3.05, 3.63) is 49.1 Å². The van der Waals surface area contributed by atoms with Crippen molar-refractivity contribution < 1.29 is 9.84 Å². The molecule has 1 unspecified atom stereocenters. The predicted octanol–water partition coefficient (Wildman–Crippen LogP) is 3.82. The van der Waals surface area contributed by atoms with Crippen molar-refractivity contribution in [2.75, 3.05) is 7.05 Å². The summed E-state index contributed by atoms with van der Waals surface area (Å²) in [7, 11) is 2.24. The number of piperidine rings is 1. The average molecular weight is 406 g/mol. The molecule has 0 saturated carbocycles. The van der Waals surface area contributed by atoms with Crippen molar-refractivity contribution in [1.29, 1.82) is 0 Å². The Bertz CT molecular complexity index is 1030. The number of imidazole rings is 1. The molecule has 1 aromatic carbocycles. The van der Waals surface area contributed by atoms with Gasteiger partial charge in [0.1, 0.15) is 11.9 Å². The maximum absolute atomic E-state index is 10.5. The Balaban J connectivity index is 1.32. The number of phenols is 1. The maximum Gasteiger partial charge on any atom is 0.233 e. The van der Waals surface area contributed by atoms with Gasteiger partial charge in [-0.3, -0.25) is 4.90 Å². The molecule has 3 aromatic rings. The normalized spacial score (nSPS) is 28.6. The zero-order valence-electron chi connectivity index (χ0n) is 17.6.